The lowest BCUT2D eigenvalue weighted by Gasteiger charge is -2.05. The zero-order valence-corrected chi connectivity index (χ0v) is 13.6. The van der Waals surface area contributed by atoms with Crippen LogP contribution in [0.25, 0.3) is 0 Å². The Bertz CT molecular complexity index is 872. The monoisotopic (exact) mass is 335 g/mol. The molecule has 0 aliphatic rings. The molecule has 1 heterocycles. The fourth-order valence-corrected chi connectivity index (χ4v) is 2.18. The van der Waals surface area contributed by atoms with Crippen molar-refractivity contribution in [2.24, 2.45) is 0 Å². The van der Waals surface area contributed by atoms with Crippen LogP contribution in [-0.4, -0.2) is 26.6 Å². The highest BCUT2D eigenvalue weighted by atomic mass is 16.2. The zero-order chi connectivity index (χ0) is 17.6. The number of hydrogen-bond donors (Lipinski definition) is 2. The van der Waals surface area contributed by atoms with Crippen LogP contribution < -0.4 is 10.6 Å². The number of carbonyl (C=O) groups is 2. The predicted molar refractivity (Wildman–Crippen MR) is 94.2 cm³/mol. The Morgan fingerprint density at radius 1 is 1.00 bits per heavy atom. The molecule has 7 heteroatoms. The van der Waals surface area contributed by atoms with Gasteiger partial charge in [0.25, 0.3) is 5.91 Å². The molecule has 3 rings (SSSR count). The summed E-state index contributed by atoms with van der Waals surface area (Å²) in [7, 11) is 0. The van der Waals surface area contributed by atoms with E-state index in [4.69, 9.17) is 0 Å². The Morgan fingerprint density at radius 2 is 1.72 bits per heavy atom. The maximum absolute atomic E-state index is 12.0. The molecule has 1 aromatic heterocycles. The topological polar surface area (TPSA) is 88.9 Å². The summed E-state index contributed by atoms with van der Waals surface area (Å²) >= 11 is 0. The second kappa shape index (κ2) is 7.39. The van der Waals surface area contributed by atoms with Crippen molar-refractivity contribution in [1.29, 1.82) is 0 Å². The largest absolute Gasteiger partial charge is 0.324 e. The SMILES string of the molecule is Cc1ccc(NC(=O)Cn2cnc(NC(=O)c3ccccc3)n2)cc1. The summed E-state index contributed by atoms with van der Waals surface area (Å²) < 4.78 is 1.37. The molecule has 0 atom stereocenters. The molecule has 2 amide bonds. The highest BCUT2D eigenvalue weighted by molar-refractivity contribution is 6.03. The van der Waals surface area contributed by atoms with Crippen LogP contribution in [0.3, 0.4) is 0 Å². The molecule has 0 spiro atoms. The highest BCUT2D eigenvalue weighted by Gasteiger charge is 2.10. The van der Waals surface area contributed by atoms with Crippen molar-refractivity contribution in [3.63, 3.8) is 0 Å². The van der Waals surface area contributed by atoms with Gasteiger partial charge in [-0.05, 0) is 31.2 Å². The van der Waals surface area contributed by atoms with Crippen molar-refractivity contribution in [3.05, 3.63) is 72.1 Å². The van der Waals surface area contributed by atoms with Gasteiger partial charge < -0.3 is 5.32 Å². The molecule has 126 valence electrons. The van der Waals surface area contributed by atoms with E-state index in [1.807, 2.05) is 37.3 Å². The van der Waals surface area contributed by atoms with Crippen LogP contribution >= 0.6 is 0 Å². The first-order chi connectivity index (χ1) is 12.1. The van der Waals surface area contributed by atoms with Crippen molar-refractivity contribution in [2.45, 2.75) is 13.5 Å². The average molecular weight is 335 g/mol. The molecule has 7 nitrogen and oxygen atoms in total. The zero-order valence-electron chi connectivity index (χ0n) is 13.6. The van der Waals surface area contributed by atoms with E-state index in [9.17, 15) is 9.59 Å². The number of nitrogens with zero attached hydrogens (tertiary/aromatic N) is 3. The highest BCUT2D eigenvalue weighted by Crippen LogP contribution is 2.09. The molecular formula is C18H17N5O2. The maximum Gasteiger partial charge on any atom is 0.258 e. The molecule has 0 saturated carbocycles. The van der Waals surface area contributed by atoms with E-state index in [2.05, 4.69) is 20.7 Å². The lowest BCUT2D eigenvalue weighted by Crippen LogP contribution is -2.19. The molecule has 0 fully saturated rings. The van der Waals surface area contributed by atoms with Gasteiger partial charge in [-0.3, -0.25) is 14.9 Å². The quantitative estimate of drug-likeness (QED) is 0.750. The number of aromatic nitrogens is 3. The summed E-state index contributed by atoms with van der Waals surface area (Å²) in [4.78, 5) is 28.1. The van der Waals surface area contributed by atoms with Crippen LogP contribution in [0.4, 0.5) is 11.6 Å². The molecule has 2 aromatic carbocycles. The van der Waals surface area contributed by atoms with Gasteiger partial charge >= 0.3 is 0 Å². The van der Waals surface area contributed by atoms with E-state index < -0.39 is 0 Å². The average Bonchev–Trinajstić information content (AvgIpc) is 3.04. The molecule has 25 heavy (non-hydrogen) atoms. The van der Waals surface area contributed by atoms with Crippen molar-refractivity contribution >= 4 is 23.5 Å². The van der Waals surface area contributed by atoms with Gasteiger partial charge in [0, 0.05) is 11.3 Å². The van der Waals surface area contributed by atoms with Gasteiger partial charge in [0.05, 0.1) is 0 Å². The standard InChI is InChI=1S/C18H17N5O2/c1-13-7-9-15(10-8-13)20-16(24)11-23-12-19-18(22-23)21-17(25)14-5-3-2-4-6-14/h2-10,12H,11H2,1H3,(H,20,24)(H,21,22,25). The summed E-state index contributed by atoms with van der Waals surface area (Å²) in [5.74, 6) is -0.380. The van der Waals surface area contributed by atoms with Gasteiger partial charge in [0.15, 0.2) is 0 Å². The van der Waals surface area contributed by atoms with E-state index in [0.29, 0.717) is 11.3 Å². The summed E-state index contributed by atoms with van der Waals surface area (Å²) in [5, 5.41) is 9.46. The molecule has 0 radical (unpaired) electrons. The second-order valence-electron chi connectivity index (χ2n) is 5.50. The van der Waals surface area contributed by atoms with Crippen LogP contribution in [0.2, 0.25) is 0 Å². The third-order valence-electron chi connectivity index (χ3n) is 3.44. The Morgan fingerprint density at radius 3 is 2.44 bits per heavy atom. The van der Waals surface area contributed by atoms with Crippen molar-refractivity contribution < 1.29 is 9.59 Å². The molecule has 0 saturated heterocycles. The minimum Gasteiger partial charge on any atom is -0.324 e. The minimum atomic E-state index is -0.303. The fourth-order valence-electron chi connectivity index (χ4n) is 2.18. The maximum atomic E-state index is 12.0. The van der Waals surface area contributed by atoms with Gasteiger partial charge in [0.1, 0.15) is 12.9 Å². The predicted octanol–water partition coefficient (Wildman–Crippen LogP) is 2.48. The molecule has 0 bridgehead atoms. The van der Waals surface area contributed by atoms with Crippen molar-refractivity contribution in [2.75, 3.05) is 10.6 Å². The van der Waals surface area contributed by atoms with Gasteiger partial charge in [0.2, 0.25) is 11.9 Å². The summed E-state index contributed by atoms with van der Waals surface area (Å²) in [5.41, 5.74) is 2.34. The Hall–Kier alpha value is -3.48. The normalized spacial score (nSPS) is 10.3. The van der Waals surface area contributed by atoms with Gasteiger partial charge in [-0.2, -0.15) is 0 Å². The minimum absolute atomic E-state index is 0.00207. The summed E-state index contributed by atoms with van der Waals surface area (Å²) in [6.07, 6.45) is 1.40. The van der Waals surface area contributed by atoms with Crippen LogP contribution in [0.5, 0.6) is 0 Å². The molecule has 0 aliphatic carbocycles. The van der Waals surface area contributed by atoms with Gasteiger partial charge in [-0.15, -0.1) is 5.10 Å². The lowest BCUT2D eigenvalue weighted by atomic mass is 10.2. The van der Waals surface area contributed by atoms with Crippen molar-refractivity contribution in [1.82, 2.24) is 14.8 Å². The van der Waals surface area contributed by atoms with Crippen LogP contribution in [0.1, 0.15) is 15.9 Å². The smallest absolute Gasteiger partial charge is 0.258 e. The van der Waals surface area contributed by atoms with Crippen LogP contribution in [0, 0.1) is 6.92 Å². The first-order valence-corrected chi connectivity index (χ1v) is 7.72. The number of rotatable bonds is 5. The number of nitrogens with one attached hydrogen (secondary N) is 2. The van der Waals surface area contributed by atoms with E-state index in [1.54, 1.807) is 24.3 Å². The Kier molecular flexibility index (Phi) is 4.84. The van der Waals surface area contributed by atoms with E-state index in [0.717, 1.165) is 5.56 Å². The molecule has 0 aliphatic heterocycles. The Labute approximate surface area is 144 Å². The number of benzene rings is 2. The van der Waals surface area contributed by atoms with Gasteiger partial charge in [-0.25, -0.2) is 9.67 Å². The number of hydrogen-bond acceptors (Lipinski definition) is 4. The number of anilines is 2. The molecule has 3 aromatic rings. The molecular weight excluding hydrogens is 318 g/mol. The van der Waals surface area contributed by atoms with Crippen LogP contribution in [0.15, 0.2) is 60.9 Å². The van der Waals surface area contributed by atoms with E-state index in [-0.39, 0.29) is 24.3 Å². The molecule has 2 N–H and O–H groups in total. The van der Waals surface area contributed by atoms with Crippen LogP contribution in [-0.2, 0) is 11.3 Å². The number of aryl methyl sites for hydroxylation is 1. The van der Waals surface area contributed by atoms with E-state index in [1.165, 1.54) is 11.0 Å². The fraction of sp³-hybridized carbons (Fsp3) is 0.111. The number of carbonyl (C=O) groups excluding carboxylic acids is 2. The first-order valence-electron chi connectivity index (χ1n) is 7.72. The van der Waals surface area contributed by atoms with Gasteiger partial charge in [-0.1, -0.05) is 35.9 Å². The Balaban J connectivity index is 1.57. The summed E-state index contributed by atoms with van der Waals surface area (Å²) in [6, 6.07) is 16.3. The number of amides is 2. The van der Waals surface area contributed by atoms with Crippen molar-refractivity contribution in [3.8, 4) is 0 Å². The molecule has 0 unspecified atom stereocenters. The third kappa shape index (κ3) is 4.51. The second-order valence-corrected chi connectivity index (χ2v) is 5.50. The first kappa shape index (κ1) is 16.4. The summed E-state index contributed by atoms with van der Waals surface area (Å²) in [6.45, 7) is 1.98. The third-order valence-corrected chi connectivity index (χ3v) is 3.44. The van der Waals surface area contributed by atoms with E-state index >= 15 is 0 Å². The lowest BCUT2D eigenvalue weighted by molar-refractivity contribution is -0.116.